The van der Waals surface area contributed by atoms with E-state index in [1.807, 2.05) is 12.1 Å². The molecule has 1 unspecified atom stereocenters. The molecule has 2 aromatic carbocycles. The molecule has 0 amide bonds. The van der Waals surface area contributed by atoms with E-state index in [1.165, 1.54) is 0 Å². The van der Waals surface area contributed by atoms with Crippen LogP contribution in [0.4, 0.5) is 0 Å². The SMILES string of the molecule is COc1cc2c(cc1OC)C(c1c(O)c3ccccc3oc1=O)NCC2. The molecule has 6 nitrogen and oxygen atoms in total. The van der Waals surface area contributed by atoms with Gasteiger partial charge in [-0.1, -0.05) is 12.1 Å². The number of nitrogens with one attached hydrogen (secondary N) is 1. The molecule has 2 heterocycles. The van der Waals surface area contributed by atoms with Gasteiger partial charge in [-0.05, 0) is 41.8 Å². The molecule has 0 spiro atoms. The van der Waals surface area contributed by atoms with Crippen LogP contribution in [0, 0.1) is 0 Å². The zero-order valence-corrected chi connectivity index (χ0v) is 14.5. The third-order valence-electron chi connectivity index (χ3n) is 4.81. The quantitative estimate of drug-likeness (QED) is 0.705. The average Bonchev–Trinajstić information content (AvgIpc) is 2.67. The Balaban J connectivity index is 1.94. The molecule has 2 N–H and O–H groups in total. The van der Waals surface area contributed by atoms with Crippen LogP contribution >= 0.6 is 0 Å². The summed E-state index contributed by atoms with van der Waals surface area (Å²) in [6.45, 7) is 0.666. The van der Waals surface area contributed by atoms with Crippen molar-refractivity contribution < 1.29 is 19.0 Å². The van der Waals surface area contributed by atoms with Crippen molar-refractivity contribution in [1.82, 2.24) is 5.32 Å². The van der Waals surface area contributed by atoms with Gasteiger partial charge in [0, 0.05) is 6.54 Å². The molecule has 4 rings (SSSR count). The molecule has 0 aliphatic carbocycles. The van der Waals surface area contributed by atoms with Gasteiger partial charge in [-0.25, -0.2) is 4.79 Å². The monoisotopic (exact) mass is 353 g/mol. The van der Waals surface area contributed by atoms with Gasteiger partial charge in [0.25, 0.3) is 0 Å². The topological polar surface area (TPSA) is 80.9 Å². The number of hydrogen-bond donors (Lipinski definition) is 2. The standard InChI is InChI=1S/C20H19NO5/c1-24-15-9-11-7-8-21-18(13(11)10-16(15)25-2)17-19(22)12-5-3-4-6-14(12)26-20(17)23/h3-6,9-10,18,21-22H,7-8H2,1-2H3. The van der Waals surface area contributed by atoms with Crippen LogP contribution in [0.1, 0.15) is 22.7 Å². The zero-order valence-electron chi connectivity index (χ0n) is 14.5. The minimum absolute atomic E-state index is 0.0583. The summed E-state index contributed by atoms with van der Waals surface area (Å²) in [5, 5.41) is 14.6. The Morgan fingerprint density at radius 3 is 2.65 bits per heavy atom. The fraction of sp³-hybridized carbons (Fsp3) is 0.250. The highest BCUT2D eigenvalue weighted by atomic mass is 16.5. The number of hydrogen-bond acceptors (Lipinski definition) is 6. The van der Waals surface area contributed by atoms with E-state index in [2.05, 4.69) is 5.32 Å². The zero-order chi connectivity index (χ0) is 18.3. The molecule has 1 aromatic heterocycles. The second-order valence-electron chi connectivity index (χ2n) is 6.19. The van der Waals surface area contributed by atoms with Gasteiger partial charge >= 0.3 is 5.63 Å². The second kappa shape index (κ2) is 6.38. The summed E-state index contributed by atoms with van der Waals surface area (Å²) in [5.74, 6) is 1.16. The van der Waals surface area contributed by atoms with Gasteiger partial charge in [-0.3, -0.25) is 0 Å². The van der Waals surface area contributed by atoms with Crippen LogP contribution < -0.4 is 20.4 Å². The first-order valence-electron chi connectivity index (χ1n) is 8.37. The molecular weight excluding hydrogens is 334 g/mol. The first-order chi connectivity index (χ1) is 12.6. The lowest BCUT2D eigenvalue weighted by atomic mass is 9.89. The average molecular weight is 353 g/mol. The van der Waals surface area contributed by atoms with E-state index in [0.29, 0.717) is 29.0 Å². The molecule has 0 radical (unpaired) electrons. The van der Waals surface area contributed by atoms with Gasteiger partial charge in [0.1, 0.15) is 16.9 Å². The van der Waals surface area contributed by atoms with E-state index < -0.39 is 11.7 Å². The first-order valence-corrected chi connectivity index (χ1v) is 8.37. The van der Waals surface area contributed by atoms with E-state index >= 15 is 0 Å². The van der Waals surface area contributed by atoms with Gasteiger partial charge in [0.05, 0.1) is 25.6 Å². The Kier molecular flexibility index (Phi) is 4.05. The van der Waals surface area contributed by atoms with Crippen LogP contribution in [-0.2, 0) is 6.42 Å². The maximum atomic E-state index is 12.6. The Morgan fingerprint density at radius 1 is 1.15 bits per heavy atom. The number of rotatable bonds is 3. The summed E-state index contributed by atoms with van der Waals surface area (Å²) < 4.78 is 16.2. The molecule has 26 heavy (non-hydrogen) atoms. The predicted molar refractivity (Wildman–Crippen MR) is 97.2 cm³/mol. The van der Waals surface area contributed by atoms with E-state index in [1.54, 1.807) is 38.5 Å². The Bertz CT molecular complexity index is 1040. The smallest absolute Gasteiger partial charge is 0.345 e. The van der Waals surface area contributed by atoms with Crippen molar-refractivity contribution in [3.63, 3.8) is 0 Å². The summed E-state index contributed by atoms with van der Waals surface area (Å²) in [4.78, 5) is 12.6. The number of benzene rings is 2. The van der Waals surface area contributed by atoms with E-state index in [9.17, 15) is 9.90 Å². The third kappa shape index (κ3) is 2.50. The molecule has 0 saturated carbocycles. The number of methoxy groups -OCH3 is 2. The predicted octanol–water partition coefficient (Wildman–Crippen LogP) is 2.75. The van der Waals surface area contributed by atoms with Crippen molar-refractivity contribution in [3.8, 4) is 17.2 Å². The largest absolute Gasteiger partial charge is 0.507 e. The Hall–Kier alpha value is -2.99. The summed E-state index contributed by atoms with van der Waals surface area (Å²) in [5.41, 5.74) is 1.92. The van der Waals surface area contributed by atoms with Crippen molar-refractivity contribution >= 4 is 11.0 Å². The highest BCUT2D eigenvalue weighted by Crippen LogP contribution is 2.40. The summed E-state index contributed by atoms with van der Waals surface area (Å²) in [6, 6.07) is 10.2. The van der Waals surface area contributed by atoms with E-state index in [4.69, 9.17) is 13.9 Å². The van der Waals surface area contributed by atoms with Crippen molar-refractivity contribution in [2.24, 2.45) is 0 Å². The molecule has 0 saturated heterocycles. The lowest BCUT2D eigenvalue weighted by molar-refractivity contribution is 0.352. The molecule has 1 aliphatic heterocycles. The van der Waals surface area contributed by atoms with Crippen molar-refractivity contribution in [2.45, 2.75) is 12.5 Å². The molecule has 6 heteroatoms. The van der Waals surface area contributed by atoms with Crippen molar-refractivity contribution in [2.75, 3.05) is 20.8 Å². The molecular formula is C20H19NO5. The lowest BCUT2D eigenvalue weighted by Gasteiger charge is -2.28. The van der Waals surface area contributed by atoms with Crippen LogP contribution in [0.5, 0.6) is 17.2 Å². The van der Waals surface area contributed by atoms with Crippen LogP contribution in [-0.4, -0.2) is 25.9 Å². The lowest BCUT2D eigenvalue weighted by Crippen LogP contribution is -2.33. The number of aromatic hydroxyl groups is 1. The van der Waals surface area contributed by atoms with Crippen LogP contribution in [0.3, 0.4) is 0 Å². The van der Waals surface area contributed by atoms with E-state index in [-0.39, 0.29) is 11.3 Å². The fourth-order valence-corrected chi connectivity index (χ4v) is 3.54. The van der Waals surface area contributed by atoms with Crippen LogP contribution in [0.25, 0.3) is 11.0 Å². The Morgan fingerprint density at radius 2 is 1.88 bits per heavy atom. The maximum absolute atomic E-state index is 12.6. The third-order valence-corrected chi connectivity index (χ3v) is 4.81. The van der Waals surface area contributed by atoms with Crippen molar-refractivity contribution in [1.29, 1.82) is 0 Å². The van der Waals surface area contributed by atoms with Gasteiger partial charge in [-0.2, -0.15) is 0 Å². The highest BCUT2D eigenvalue weighted by Gasteiger charge is 2.29. The Labute approximate surface area is 150 Å². The summed E-state index contributed by atoms with van der Waals surface area (Å²) in [7, 11) is 3.16. The van der Waals surface area contributed by atoms with Crippen molar-refractivity contribution in [3.05, 3.63) is 63.5 Å². The molecule has 134 valence electrons. The van der Waals surface area contributed by atoms with Gasteiger partial charge in [0.15, 0.2) is 11.5 Å². The van der Waals surface area contributed by atoms with Crippen LogP contribution in [0.2, 0.25) is 0 Å². The molecule has 1 aliphatic rings. The number of fused-ring (bicyclic) bond motifs is 2. The number of ether oxygens (including phenoxy) is 2. The number of para-hydroxylation sites is 1. The normalized spacial score (nSPS) is 16.3. The molecule has 3 aromatic rings. The van der Waals surface area contributed by atoms with Gasteiger partial charge in [0.2, 0.25) is 0 Å². The summed E-state index contributed by atoms with van der Waals surface area (Å²) in [6.07, 6.45) is 0.784. The van der Waals surface area contributed by atoms with Crippen LogP contribution in [0.15, 0.2) is 45.6 Å². The molecule has 1 atom stereocenters. The minimum Gasteiger partial charge on any atom is -0.507 e. The fourth-order valence-electron chi connectivity index (χ4n) is 3.54. The molecule has 0 fully saturated rings. The first kappa shape index (κ1) is 16.5. The summed E-state index contributed by atoms with van der Waals surface area (Å²) >= 11 is 0. The van der Waals surface area contributed by atoms with E-state index in [0.717, 1.165) is 17.5 Å². The van der Waals surface area contributed by atoms with Gasteiger partial charge in [-0.15, -0.1) is 0 Å². The maximum Gasteiger partial charge on any atom is 0.345 e. The highest BCUT2D eigenvalue weighted by molar-refractivity contribution is 5.84. The minimum atomic E-state index is -0.554. The molecule has 0 bridgehead atoms. The second-order valence-corrected chi connectivity index (χ2v) is 6.19. The van der Waals surface area contributed by atoms with Gasteiger partial charge < -0.3 is 24.3 Å².